The fourth-order valence-corrected chi connectivity index (χ4v) is 2.78. The van der Waals surface area contributed by atoms with Crippen LogP contribution in [0.25, 0.3) is 0 Å². The number of aliphatic hydroxyl groups is 2. The average molecular weight is 217 g/mol. The Hall–Kier alpha value is -0.120. The van der Waals surface area contributed by atoms with Crippen molar-refractivity contribution in [2.24, 2.45) is 0 Å². The molecule has 0 aromatic carbocycles. The van der Waals surface area contributed by atoms with Gasteiger partial charge in [-0.05, 0) is 48.5 Å². The van der Waals surface area contributed by atoms with Crippen LogP contribution in [0.2, 0.25) is 0 Å². The summed E-state index contributed by atoms with van der Waals surface area (Å²) in [5, 5.41) is 18.9. The maximum Gasteiger partial charge on any atom is 0.0610 e. The third-order valence-corrected chi connectivity index (χ3v) is 2.66. The van der Waals surface area contributed by atoms with Crippen LogP contribution in [-0.4, -0.2) is 44.9 Å². The normalized spacial score (nSPS) is 14.8. The van der Waals surface area contributed by atoms with E-state index >= 15 is 0 Å². The molecule has 0 atom stereocenters. The minimum atomic E-state index is -0.343. The molecule has 0 aromatic heterocycles. The number of rotatable bonds is 4. The molecule has 0 rings (SSSR count). The van der Waals surface area contributed by atoms with Crippen LogP contribution in [0.4, 0.5) is 0 Å². The second kappa shape index (κ2) is 4.40. The Morgan fingerprint density at radius 1 is 0.733 bits per heavy atom. The largest absolute Gasteiger partial charge is 0.394 e. The molecule has 15 heavy (non-hydrogen) atoms. The molecule has 0 amide bonds. The highest BCUT2D eigenvalue weighted by atomic mass is 16.3. The van der Waals surface area contributed by atoms with Gasteiger partial charge >= 0.3 is 0 Å². The average Bonchev–Trinajstić information content (AvgIpc) is 2.00. The summed E-state index contributed by atoms with van der Waals surface area (Å²) in [5.41, 5.74) is -0.784. The summed E-state index contributed by atoms with van der Waals surface area (Å²) in [6, 6.07) is 0. The van der Waals surface area contributed by atoms with Crippen molar-refractivity contribution in [2.75, 3.05) is 13.2 Å². The molecule has 0 aliphatic carbocycles. The van der Waals surface area contributed by atoms with Gasteiger partial charge in [-0.1, -0.05) is 0 Å². The standard InChI is InChI=1S/C12H27NO2/c1-10(2,3)13(11(4,5)8-14)12(6,7)9-15/h14-15H,8-9H2,1-7H3. The maximum atomic E-state index is 9.46. The highest BCUT2D eigenvalue weighted by Crippen LogP contribution is 2.33. The van der Waals surface area contributed by atoms with Crippen LogP contribution in [0.1, 0.15) is 48.5 Å². The monoisotopic (exact) mass is 217 g/mol. The number of hydrogen-bond acceptors (Lipinski definition) is 3. The van der Waals surface area contributed by atoms with E-state index in [9.17, 15) is 10.2 Å². The second-order valence-corrected chi connectivity index (χ2v) is 6.45. The number of hydrogen-bond donors (Lipinski definition) is 2. The lowest BCUT2D eigenvalue weighted by Crippen LogP contribution is -2.65. The smallest absolute Gasteiger partial charge is 0.0610 e. The van der Waals surface area contributed by atoms with E-state index < -0.39 is 0 Å². The van der Waals surface area contributed by atoms with E-state index in [1.807, 2.05) is 27.7 Å². The van der Waals surface area contributed by atoms with Gasteiger partial charge in [0.15, 0.2) is 0 Å². The first-order chi connectivity index (χ1) is 6.49. The molecular weight excluding hydrogens is 190 g/mol. The van der Waals surface area contributed by atoms with Crippen LogP contribution >= 0.6 is 0 Å². The van der Waals surface area contributed by atoms with E-state index in [4.69, 9.17) is 0 Å². The Bertz CT molecular complexity index is 188. The SMILES string of the molecule is CC(C)(C)N(C(C)(C)CO)C(C)(C)CO. The van der Waals surface area contributed by atoms with Crippen molar-refractivity contribution >= 4 is 0 Å². The molecule has 0 fully saturated rings. The van der Waals surface area contributed by atoms with Gasteiger partial charge in [0.2, 0.25) is 0 Å². The summed E-state index contributed by atoms with van der Waals surface area (Å²) in [5.74, 6) is 0. The van der Waals surface area contributed by atoms with Gasteiger partial charge in [0, 0.05) is 16.6 Å². The van der Waals surface area contributed by atoms with Crippen molar-refractivity contribution in [3.05, 3.63) is 0 Å². The van der Waals surface area contributed by atoms with Crippen molar-refractivity contribution in [1.29, 1.82) is 0 Å². The Morgan fingerprint density at radius 2 is 1.00 bits per heavy atom. The summed E-state index contributed by atoms with van der Waals surface area (Å²) in [7, 11) is 0. The summed E-state index contributed by atoms with van der Waals surface area (Å²) in [4.78, 5) is 2.17. The predicted octanol–water partition coefficient (Wildman–Crippen LogP) is 1.63. The first-order valence-corrected chi connectivity index (χ1v) is 5.51. The van der Waals surface area contributed by atoms with Crippen LogP contribution < -0.4 is 0 Å². The molecular formula is C12H27NO2. The van der Waals surface area contributed by atoms with E-state index in [1.54, 1.807) is 0 Å². The summed E-state index contributed by atoms with van der Waals surface area (Å²) in [6.45, 7) is 14.4. The highest BCUT2D eigenvalue weighted by Gasteiger charge is 2.43. The van der Waals surface area contributed by atoms with Gasteiger partial charge in [-0.3, -0.25) is 4.90 Å². The topological polar surface area (TPSA) is 43.7 Å². The van der Waals surface area contributed by atoms with E-state index in [0.29, 0.717) is 0 Å². The van der Waals surface area contributed by atoms with Crippen molar-refractivity contribution in [3.63, 3.8) is 0 Å². The maximum absolute atomic E-state index is 9.46. The van der Waals surface area contributed by atoms with E-state index in [2.05, 4.69) is 25.7 Å². The number of aliphatic hydroxyl groups excluding tert-OH is 2. The van der Waals surface area contributed by atoms with Gasteiger partial charge in [0.05, 0.1) is 13.2 Å². The van der Waals surface area contributed by atoms with Crippen LogP contribution in [0.15, 0.2) is 0 Å². The Morgan fingerprint density at radius 3 is 1.13 bits per heavy atom. The van der Waals surface area contributed by atoms with Gasteiger partial charge in [-0.25, -0.2) is 0 Å². The first kappa shape index (κ1) is 14.9. The van der Waals surface area contributed by atoms with E-state index in [0.717, 1.165) is 0 Å². The molecule has 0 aliphatic heterocycles. The molecule has 0 saturated carbocycles. The zero-order valence-electron chi connectivity index (χ0n) is 11.3. The van der Waals surface area contributed by atoms with Gasteiger partial charge in [0.25, 0.3) is 0 Å². The third-order valence-electron chi connectivity index (χ3n) is 2.66. The molecule has 0 spiro atoms. The van der Waals surface area contributed by atoms with Gasteiger partial charge in [0.1, 0.15) is 0 Å². The summed E-state index contributed by atoms with van der Waals surface area (Å²) < 4.78 is 0. The molecule has 0 bridgehead atoms. The zero-order valence-corrected chi connectivity index (χ0v) is 11.3. The Kier molecular flexibility index (Phi) is 4.36. The molecule has 3 nitrogen and oxygen atoms in total. The zero-order chi connectivity index (χ0) is 12.5. The van der Waals surface area contributed by atoms with Crippen molar-refractivity contribution < 1.29 is 10.2 Å². The van der Waals surface area contributed by atoms with E-state index in [1.165, 1.54) is 0 Å². The molecule has 0 heterocycles. The molecule has 0 saturated heterocycles. The fourth-order valence-electron chi connectivity index (χ4n) is 2.78. The lowest BCUT2D eigenvalue weighted by molar-refractivity contribution is -0.0961. The quantitative estimate of drug-likeness (QED) is 0.752. The lowest BCUT2D eigenvalue weighted by Gasteiger charge is -2.54. The first-order valence-electron chi connectivity index (χ1n) is 5.51. The molecule has 0 radical (unpaired) electrons. The molecule has 2 N–H and O–H groups in total. The minimum Gasteiger partial charge on any atom is -0.394 e. The van der Waals surface area contributed by atoms with Crippen LogP contribution in [-0.2, 0) is 0 Å². The van der Waals surface area contributed by atoms with Crippen molar-refractivity contribution in [2.45, 2.75) is 65.1 Å². The van der Waals surface area contributed by atoms with Gasteiger partial charge in [-0.15, -0.1) is 0 Å². The Labute approximate surface area is 94.1 Å². The molecule has 0 aromatic rings. The van der Waals surface area contributed by atoms with Gasteiger partial charge in [-0.2, -0.15) is 0 Å². The van der Waals surface area contributed by atoms with E-state index in [-0.39, 0.29) is 29.8 Å². The Balaban J connectivity index is 5.27. The van der Waals surface area contributed by atoms with Crippen LogP contribution in [0.3, 0.4) is 0 Å². The second-order valence-electron chi connectivity index (χ2n) is 6.45. The van der Waals surface area contributed by atoms with Crippen LogP contribution in [0, 0.1) is 0 Å². The molecule has 0 unspecified atom stereocenters. The fraction of sp³-hybridized carbons (Fsp3) is 1.00. The predicted molar refractivity (Wildman–Crippen MR) is 63.9 cm³/mol. The lowest BCUT2D eigenvalue weighted by atomic mass is 9.87. The van der Waals surface area contributed by atoms with Crippen molar-refractivity contribution in [1.82, 2.24) is 4.90 Å². The van der Waals surface area contributed by atoms with Crippen LogP contribution in [0.5, 0.6) is 0 Å². The van der Waals surface area contributed by atoms with Gasteiger partial charge < -0.3 is 10.2 Å². The summed E-state index contributed by atoms with van der Waals surface area (Å²) in [6.07, 6.45) is 0. The molecule has 0 aliphatic rings. The van der Waals surface area contributed by atoms with Crippen molar-refractivity contribution in [3.8, 4) is 0 Å². The minimum absolute atomic E-state index is 0.0771. The number of nitrogens with zero attached hydrogens (tertiary/aromatic N) is 1. The highest BCUT2D eigenvalue weighted by molar-refractivity contribution is 4.98. The molecule has 92 valence electrons. The summed E-state index contributed by atoms with van der Waals surface area (Å²) >= 11 is 0. The molecule has 3 heteroatoms. The third kappa shape index (κ3) is 3.44.